The zero-order chi connectivity index (χ0) is 18.7. The van der Waals surface area contributed by atoms with Crippen LogP contribution in [0.5, 0.6) is 11.5 Å². The van der Waals surface area contributed by atoms with Gasteiger partial charge in [0.05, 0.1) is 7.11 Å². The Kier molecular flexibility index (Phi) is 4.84. The Hall–Kier alpha value is -3.41. The van der Waals surface area contributed by atoms with E-state index in [0.717, 1.165) is 11.1 Å². The molecule has 0 unspecified atom stereocenters. The minimum absolute atomic E-state index is 0.166. The number of rotatable bonds is 4. The molecule has 6 heteroatoms. The van der Waals surface area contributed by atoms with E-state index in [-0.39, 0.29) is 17.3 Å². The maximum atomic E-state index is 12.1. The Morgan fingerprint density at radius 2 is 1.85 bits per heavy atom. The SMILES string of the molecule is COc1ccc(C=C2N=C(c3ccc(C)cc3)OC2=O)cc1OC(C)=O. The van der Waals surface area contributed by atoms with Crippen molar-refractivity contribution in [2.24, 2.45) is 4.99 Å². The molecule has 0 radical (unpaired) electrons. The quantitative estimate of drug-likeness (QED) is 0.480. The van der Waals surface area contributed by atoms with E-state index in [2.05, 4.69) is 4.99 Å². The summed E-state index contributed by atoms with van der Waals surface area (Å²) in [5.41, 5.74) is 2.62. The van der Waals surface area contributed by atoms with Gasteiger partial charge >= 0.3 is 11.9 Å². The normalized spacial score (nSPS) is 14.8. The highest BCUT2D eigenvalue weighted by atomic mass is 16.6. The Labute approximate surface area is 150 Å². The first-order chi connectivity index (χ1) is 12.5. The van der Waals surface area contributed by atoms with Gasteiger partial charge in [-0.3, -0.25) is 4.79 Å². The fourth-order valence-electron chi connectivity index (χ4n) is 2.40. The summed E-state index contributed by atoms with van der Waals surface area (Å²) in [6, 6.07) is 12.5. The summed E-state index contributed by atoms with van der Waals surface area (Å²) in [5, 5.41) is 0. The van der Waals surface area contributed by atoms with Crippen LogP contribution < -0.4 is 9.47 Å². The summed E-state index contributed by atoms with van der Waals surface area (Å²) in [6.45, 7) is 3.28. The molecule has 0 amide bonds. The first-order valence-corrected chi connectivity index (χ1v) is 7.92. The van der Waals surface area contributed by atoms with Gasteiger partial charge in [-0.05, 0) is 42.8 Å². The smallest absolute Gasteiger partial charge is 0.363 e. The van der Waals surface area contributed by atoms with Gasteiger partial charge in [0.25, 0.3) is 0 Å². The van der Waals surface area contributed by atoms with Crippen molar-refractivity contribution in [1.29, 1.82) is 0 Å². The molecule has 0 N–H and O–H groups in total. The van der Waals surface area contributed by atoms with Crippen LogP contribution >= 0.6 is 0 Å². The van der Waals surface area contributed by atoms with E-state index in [1.807, 2.05) is 31.2 Å². The Bertz CT molecular complexity index is 926. The molecule has 6 nitrogen and oxygen atoms in total. The van der Waals surface area contributed by atoms with Gasteiger partial charge in [-0.1, -0.05) is 23.8 Å². The van der Waals surface area contributed by atoms with Crippen molar-refractivity contribution >= 4 is 23.9 Å². The number of aryl methyl sites for hydroxylation is 1. The molecule has 0 saturated heterocycles. The molecule has 0 saturated carbocycles. The standard InChI is InChI=1S/C20H17NO5/c1-12-4-7-15(8-5-12)19-21-16(20(23)26-19)10-14-6-9-17(24-3)18(11-14)25-13(2)22/h4-11H,1-3H3. The third-order valence-electron chi connectivity index (χ3n) is 3.66. The number of nitrogens with zero attached hydrogens (tertiary/aromatic N) is 1. The predicted octanol–water partition coefficient (Wildman–Crippen LogP) is 3.27. The topological polar surface area (TPSA) is 74.2 Å². The van der Waals surface area contributed by atoms with Gasteiger partial charge < -0.3 is 14.2 Å². The maximum Gasteiger partial charge on any atom is 0.363 e. The van der Waals surface area contributed by atoms with Crippen molar-refractivity contribution in [1.82, 2.24) is 0 Å². The van der Waals surface area contributed by atoms with Crippen LogP contribution in [0.3, 0.4) is 0 Å². The number of hydrogen-bond donors (Lipinski definition) is 0. The van der Waals surface area contributed by atoms with Gasteiger partial charge in [0.15, 0.2) is 17.2 Å². The number of carbonyl (C=O) groups is 2. The van der Waals surface area contributed by atoms with Gasteiger partial charge in [-0.25, -0.2) is 9.79 Å². The molecule has 0 aliphatic carbocycles. The highest BCUT2D eigenvalue weighted by Gasteiger charge is 2.24. The lowest BCUT2D eigenvalue weighted by Gasteiger charge is -2.08. The molecule has 1 aliphatic rings. The maximum absolute atomic E-state index is 12.1. The summed E-state index contributed by atoms with van der Waals surface area (Å²) in [6.07, 6.45) is 1.57. The number of ether oxygens (including phenoxy) is 3. The third-order valence-corrected chi connectivity index (χ3v) is 3.66. The van der Waals surface area contributed by atoms with E-state index in [1.165, 1.54) is 14.0 Å². The molecule has 1 aliphatic heterocycles. The molecule has 0 spiro atoms. The largest absolute Gasteiger partial charge is 0.493 e. The zero-order valence-electron chi connectivity index (χ0n) is 14.6. The van der Waals surface area contributed by atoms with Crippen molar-refractivity contribution in [2.75, 3.05) is 7.11 Å². The second kappa shape index (κ2) is 7.23. The highest BCUT2D eigenvalue weighted by molar-refractivity contribution is 6.12. The van der Waals surface area contributed by atoms with Crippen LogP contribution in [0, 0.1) is 6.92 Å². The van der Waals surface area contributed by atoms with Crippen LogP contribution in [0.15, 0.2) is 53.2 Å². The van der Waals surface area contributed by atoms with Crippen LogP contribution in [0.1, 0.15) is 23.6 Å². The van der Waals surface area contributed by atoms with Crippen molar-refractivity contribution in [3.05, 3.63) is 64.9 Å². The van der Waals surface area contributed by atoms with Crippen molar-refractivity contribution in [3.8, 4) is 11.5 Å². The van der Waals surface area contributed by atoms with E-state index in [0.29, 0.717) is 11.3 Å². The number of hydrogen-bond acceptors (Lipinski definition) is 6. The molecular weight excluding hydrogens is 334 g/mol. The van der Waals surface area contributed by atoms with Crippen molar-refractivity contribution in [2.45, 2.75) is 13.8 Å². The summed E-state index contributed by atoms with van der Waals surface area (Å²) in [5.74, 6) is -0.0582. The van der Waals surface area contributed by atoms with Gasteiger partial charge in [-0.15, -0.1) is 0 Å². The summed E-state index contributed by atoms with van der Waals surface area (Å²) >= 11 is 0. The fraction of sp³-hybridized carbons (Fsp3) is 0.150. The average molecular weight is 351 g/mol. The summed E-state index contributed by atoms with van der Waals surface area (Å²) in [4.78, 5) is 27.6. The first-order valence-electron chi connectivity index (χ1n) is 7.92. The molecular formula is C20H17NO5. The second-order valence-electron chi connectivity index (χ2n) is 5.71. The predicted molar refractivity (Wildman–Crippen MR) is 96.1 cm³/mol. The molecule has 26 heavy (non-hydrogen) atoms. The van der Waals surface area contributed by atoms with E-state index in [1.54, 1.807) is 24.3 Å². The first kappa shape index (κ1) is 17.4. The number of carbonyl (C=O) groups excluding carboxylic acids is 2. The van der Waals surface area contributed by atoms with Crippen LogP contribution in [-0.2, 0) is 14.3 Å². The van der Waals surface area contributed by atoms with E-state index < -0.39 is 11.9 Å². The highest BCUT2D eigenvalue weighted by Crippen LogP contribution is 2.30. The van der Waals surface area contributed by atoms with Crippen LogP contribution in [0.2, 0.25) is 0 Å². The number of aliphatic imine (C=N–C) groups is 1. The number of methoxy groups -OCH3 is 1. The lowest BCUT2D eigenvalue weighted by atomic mass is 10.1. The molecule has 1 heterocycles. The number of esters is 2. The molecule has 3 rings (SSSR count). The second-order valence-corrected chi connectivity index (χ2v) is 5.71. The molecule has 132 valence electrons. The third kappa shape index (κ3) is 3.80. The molecule has 0 aromatic heterocycles. The van der Waals surface area contributed by atoms with Crippen LogP contribution in [0.4, 0.5) is 0 Å². The van der Waals surface area contributed by atoms with Crippen molar-refractivity contribution < 1.29 is 23.8 Å². The van der Waals surface area contributed by atoms with E-state index in [4.69, 9.17) is 14.2 Å². The summed E-state index contributed by atoms with van der Waals surface area (Å²) in [7, 11) is 1.48. The fourth-order valence-corrected chi connectivity index (χ4v) is 2.40. The summed E-state index contributed by atoms with van der Waals surface area (Å²) < 4.78 is 15.5. The molecule has 0 atom stereocenters. The lowest BCUT2D eigenvalue weighted by molar-refractivity contribution is -0.132. The van der Waals surface area contributed by atoms with Crippen molar-refractivity contribution in [3.63, 3.8) is 0 Å². The van der Waals surface area contributed by atoms with Gasteiger partial charge in [-0.2, -0.15) is 0 Å². The van der Waals surface area contributed by atoms with Crippen LogP contribution in [0.25, 0.3) is 6.08 Å². The minimum Gasteiger partial charge on any atom is -0.493 e. The van der Waals surface area contributed by atoms with Gasteiger partial charge in [0.2, 0.25) is 5.90 Å². The van der Waals surface area contributed by atoms with Gasteiger partial charge in [0.1, 0.15) is 0 Å². The molecule has 2 aromatic carbocycles. The van der Waals surface area contributed by atoms with E-state index >= 15 is 0 Å². The monoisotopic (exact) mass is 351 g/mol. The molecule has 0 bridgehead atoms. The Morgan fingerprint density at radius 3 is 2.50 bits per heavy atom. The Balaban J connectivity index is 1.92. The van der Waals surface area contributed by atoms with Crippen LogP contribution in [-0.4, -0.2) is 24.9 Å². The zero-order valence-corrected chi connectivity index (χ0v) is 14.6. The van der Waals surface area contributed by atoms with Gasteiger partial charge in [0, 0.05) is 12.5 Å². The number of cyclic esters (lactones) is 1. The molecule has 2 aromatic rings. The number of benzene rings is 2. The lowest BCUT2D eigenvalue weighted by Crippen LogP contribution is -2.05. The molecule has 0 fully saturated rings. The minimum atomic E-state index is -0.537. The van der Waals surface area contributed by atoms with E-state index in [9.17, 15) is 9.59 Å². The Morgan fingerprint density at radius 1 is 1.12 bits per heavy atom. The average Bonchev–Trinajstić information content (AvgIpc) is 2.96.